The summed E-state index contributed by atoms with van der Waals surface area (Å²) < 4.78 is 5.84. The van der Waals surface area contributed by atoms with E-state index >= 15 is 0 Å². The van der Waals surface area contributed by atoms with Gasteiger partial charge in [-0.1, -0.05) is 64.5 Å². The summed E-state index contributed by atoms with van der Waals surface area (Å²) in [4.78, 5) is 0. The fourth-order valence-corrected chi connectivity index (χ4v) is 2.24. The fourth-order valence-electron chi connectivity index (χ4n) is 2.01. The zero-order valence-corrected chi connectivity index (χ0v) is 12.6. The van der Waals surface area contributed by atoms with Crippen LogP contribution >= 0.6 is 15.9 Å². The third-order valence-corrected chi connectivity index (χ3v) is 3.59. The number of benzene rings is 2. The average molecular weight is 319 g/mol. The van der Waals surface area contributed by atoms with Gasteiger partial charge >= 0.3 is 0 Å². The Morgan fingerprint density at radius 2 is 1.58 bits per heavy atom. The van der Waals surface area contributed by atoms with Crippen LogP contribution < -0.4 is 4.74 Å². The van der Waals surface area contributed by atoms with E-state index in [1.807, 2.05) is 6.07 Å². The first-order valence-electron chi connectivity index (χ1n) is 6.71. The number of aryl methyl sites for hydroxylation is 2. The Bertz CT molecular complexity index is 482. The smallest absolute Gasteiger partial charge is 0.122 e. The van der Waals surface area contributed by atoms with E-state index in [2.05, 4.69) is 64.5 Å². The van der Waals surface area contributed by atoms with Crippen molar-refractivity contribution in [3.05, 3.63) is 65.7 Å². The zero-order chi connectivity index (χ0) is 13.3. The van der Waals surface area contributed by atoms with Crippen LogP contribution in [-0.4, -0.2) is 11.9 Å². The molecule has 0 fully saturated rings. The number of hydrogen-bond donors (Lipinski definition) is 0. The molecule has 0 bridgehead atoms. The van der Waals surface area contributed by atoms with E-state index in [9.17, 15) is 0 Å². The summed E-state index contributed by atoms with van der Waals surface area (Å²) in [6, 6.07) is 18.9. The molecule has 0 saturated heterocycles. The lowest BCUT2D eigenvalue weighted by atomic mass is 10.0. The molecular weight excluding hydrogens is 300 g/mol. The molecule has 0 aliphatic carbocycles. The molecule has 0 N–H and O–H groups in total. The quantitative estimate of drug-likeness (QED) is 0.534. The number of ether oxygens (including phenoxy) is 1. The molecule has 0 amide bonds. The normalized spacial score (nSPS) is 10.4. The van der Waals surface area contributed by atoms with Crippen molar-refractivity contribution in [1.82, 2.24) is 0 Å². The van der Waals surface area contributed by atoms with Crippen LogP contribution in [0.2, 0.25) is 0 Å². The molecule has 0 radical (unpaired) electrons. The monoisotopic (exact) mass is 318 g/mol. The van der Waals surface area contributed by atoms with Gasteiger partial charge in [-0.15, -0.1) is 0 Å². The third kappa shape index (κ3) is 4.71. The van der Waals surface area contributed by atoms with Gasteiger partial charge in [0.15, 0.2) is 0 Å². The summed E-state index contributed by atoms with van der Waals surface area (Å²) in [5, 5.41) is 0.985. The second-order valence-corrected chi connectivity index (χ2v) is 5.28. The lowest BCUT2D eigenvalue weighted by Gasteiger charge is -2.11. The SMILES string of the molecule is BrCCCOc1ccccc1CCc1ccccc1. The molecule has 0 atom stereocenters. The minimum Gasteiger partial charge on any atom is -0.493 e. The van der Waals surface area contributed by atoms with Crippen molar-refractivity contribution in [2.45, 2.75) is 19.3 Å². The topological polar surface area (TPSA) is 9.23 Å². The molecule has 19 heavy (non-hydrogen) atoms. The number of hydrogen-bond acceptors (Lipinski definition) is 1. The van der Waals surface area contributed by atoms with Crippen molar-refractivity contribution in [2.75, 3.05) is 11.9 Å². The highest BCUT2D eigenvalue weighted by molar-refractivity contribution is 9.09. The van der Waals surface area contributed by atoms with E-state index in [-0.39, 0.29) is 0 Å². The average Bonchev–Trinajstić information content (AvgIpc) is 2.48. The van der Waals surface area contributed by atoms with Crippen LogP contribution in [0, 0.1) is 0 Å². The summed E-state index contributed by atoms with van der Waals surface area (Å²) in [7, 11) is 0. The summed E-state index contributed by atoms with van der Waals surface area (Å²) in [5.74, 6) is 1.03. The lowest BCUT2D eigenvalue weighted by molar-refractivity contribution is 0.316. The fraction of sp³-hybridized carbons (Fsp3) is 0.294. The molecule has 0 aromatic heterocycles. The van der Waals surface area contributed by atoms with Crippen LogP contribution in [0.4, 0.5) is 0 Å². The Kier molecular flexibility index (Phi) is 5.96. The first-order chi connectivity index (χ1) is 9.40. The minimum absolute atomic E-state index is 0.771. The molecule has 2 aromatic carbocycles. The molecule has 2 rings (SSSR count). The summed E-state index contributed by atoms with van der Waals surface area (Å²) >= 11 is 3.42. The van der Waals surface area contributed by atoms with Gasteiger partial charge in [-0.2, -0.15) is 0 Å². The standard InChI is InChI=1S/C17H19BrO/c18-13-6-14-19-17-10-5-4-9-16(17)12-11-15-7-2-1-3-8-15/h1-5,7-10H,6,11-14H2. The Balaban J connectivity index is 1.95. The van der Waals surface area contributed by atoms with Crippen molar-refractivity contribution >= 4 is 15.9 Å². The van der Waals surface area contributed by atoms with Gasteiger partial charge < -0.3 is 4.74 Å². The predicted octanol–water partition coefficient (Wildman–Crippen LogP) is 4.64. The molecule has 0 unspecified atom stereocenters. The van der Waals surface area contributed by atoms with Crippen LogP contribution in [0.3, 0.4) is 0 Å². The second-order valence-electron chi connectivity index (χ2n) is 4.48. The van der Waals surface area contributed by atoms with E-state index in [1.54, 1.807) is 0 Å². The van der Waals surface area contributed by atoms with Crippen molar-refractivity contribution in [3.8, 4) is 5.75 Å². The number of halogens is 1. The molecule has 2 aromatic rings. The molecule has 1 nitrogen and oxygen atoms in total. The predicted molar refractivity (Wildman–Crippen MR) is 84.2 cm³/mol. The van der Waals surface area contributed by atoms with Crippen molar-refractivity contribution < 1.29 is 4.74 Å². The van der Waals surface area contributed by atoms with Crippen LogP contribution in [0.1, 0.15) is 17.5 Å². The molecular formula is C17H19BrO. The Hall–Kier alpha value is -1.28. The van der Waals surface area contributed by atoms with Gasteiger partial charge in [0.2, 0.25) is 0 Å². The van der Waals surface area contributed by atoms with Crippen LogP contribution in [0.25, 0.3) is 0 Å². The van der Waals surface area contributed by atoms with Gasteiger partial charge in [-0.05, 0) is 36.5 Å². The summed E-state index contributed by atoms with van der Waals surface area (Å²) in [6.07, 6.45) is 3.11. The van der Waals surface area contributed by atoms with E-state index in [4.69, 9.17) is 4.74 Å². The Morgan fingerprint density at radius 3 is 2.37 bits per heavy atom. The maximum absolute atomic E-state index is 5.84. The zero-order valence-electron chi connectivity index (χ0n) is 11.0. The van der Waals surface area contributed by atoms with Crippen molar-refractivity contribution in [2.24, 2.45) is 0 Å². The highest BCUT2D eigenvalue weighted by atomic mass is 79.9. The largest absolute Gasteiger partial charge is 0.493 e. The van der Waals surface area contributed by atoms with Crippen molar-refractivity contribution in [1.29, 1.82) is 0 Å². The van der Waals surface area contributed by atoms with E-state index in [0.29, 0.717) is 0 Å². The number of para-hydroxylation sites is 1. The highest BCUT2D eigenvalue weighted by Gasteiger charge is 2.03. The van der Waals surface area contributed by atoms with Crippen LogP contribution in [0.15, 0.2) is 54.6 Å². The molecule has 100 valence electrons. The van der Waals surface area contributed by atoms with E-state index in [1.165, 1.54) is 11.1 Å². The Labute approximate surface area is 123 Å². The number of alkyl halides is 1. The molecule has 2 heteroatoms. The first kappa shape index (κ1) is 14.1. The van der Waals surface area contributed by atoms with E-state index in [0.717, 1.165) is 36.9 Å². The summed E-state index contributed by atoms with van der Waals surface area (Å²) in [6.45, 7) is 0.771. The molecule has 0 saturated carbocycles. The maximum Gasteiger partial charge on any atom is 0.122 e. The third-order valence-electron chi connectivity index (χ3n) is 3.03. The second kappa shape index (κ2) is 8.00. The maximum atomic E-state index is 5.84. The Morgan fingerprint density at radius 1 is 0.842 bits per heavy atom. The summed E-state index contributed by atoms with van der Waals surface area (Å²) in [5.41, 5.74) is 2.67. The van der Waals surface area contributed by atoms with Crippen LogP contribution in [0.5, 0.6) is 5.75 Å². The lowest BCUT2D eigenvalue weighted by Crippen LogP contribution is -2.01. The van der Waals surface area contributed by atoms with Gasteiger partial charge in [-0.3, -0.25) is 0 Å². The van der Waals surface area contributed by atoms with Crippen molar-refractivity contribution in [3.63, 3.8) is 0 Å². The van der Waals surface area contributed by atoms with Gasteiger partial charge in [0.1, 0.15) is 5.75 Å². The minimum atomic E-state index is 0.771. The highest BCUT2D eigenvalue weighted by Crippen LogP contribution is 2.20. The van der Waals surface area contributed by atoms with Gasteiger partial charge in [0.05, 0.1) is 6.61 Å². The van der Waals surface area contributed by atoms with Gasteiger partial charge in [0, 0.05) is 5.33 Å². The van der Waals surface area contributed by atoms with E-state index < -0.39 is 0 Å². The number of rotatable bonds is 7. The van der Waals surface area contributed by atoms with Crippen LogP contribution in [-0.2, 0) is 12.8 Å². The molecule has 0 aliphatic heterocycles. The molecule has 0 aliphatic rings. The van der Waals surface area contributed by atoms with Gasteiger partial charge in [-0.25, -0.2) is 0 Å². The first-order valence-corrected chi connectivity index (χ1v) is 7.83. The van der Waals surface area contributed by atoms with Gasteiger partial charge in [0.25, 0.3) is 0 Å². The molecule has 0 spiro atoms. The molecule has 0 heterocycles.